The van der Waals surface area contributed by atoms with Crippen LogP contribution in [0.15, 0.2) is 46.9 Å². The molecule has 0 aliphatic heterocycles. The largest absolute Gasteiger partial charge is 0.385 e. The SMILES string of the molecule is OC1(Cc2ccc(Br)cc2Cl)CCc2ccccc21. The number of fused-ring (bicyclic) bond motifs is 1. The van der Waals surface area contributed by atoms with Crippen LogP contribution < -0.4 is 0 Å². The van der Waals surface area contributed by atoms with Crippen LogP contribution in [0.5, 0.6) is 0 Å². The molecule has 0 fully saturated rings. The molecule has 0 bridgehead atoms. The molecule has 98 valence electrons. The summed E-state index contributed by atoms with van der Waals surface area (Å²) in [6.45, 7) is 0. The Kier molecular flexibility index (Phi) is 3.42. The van der Waals surface area contributed by atoms with Gasteiger partial charge in [0.2, 0.25) is 0 Å². The van der Waals surface area contributed by atoms with Gasteiger partial charge in [-0.1, -0.05) is 57.9 Å². The molecule has 0 amide bonds. The number of benzene rings is 2. The summed E-state index contributed by atoms with van der Waals surface area (Å²) in [5.41, 5.74) is 2.50. The third kappa shape index (κ3) is 2.45. The summed E-state index contributed by atoms with van der Waals surface area (Å²) in [5, 5.41) is 11.6. The lowest BCUT2D eigenvalue weighted by Crippen LogP contribution is -2.25. The molecule has 1 aliphatic carbocycles. The van der Waals surface area contributed by atoms with Gasteiger partial charge in [0.05, 0.1) is 5.60 Å². The number of halogens is 2. The van der Waals surface area contributed by atoms with Gasteiger partial charge in [-0.2, -0.15) is 0 Å². The Hall–Kier alpha value is -0.830. The fourth-order valence-corrected chi connectivity index (χ4v) is 3.57. The maximum Gasteiger partial charge on any atom is 0.0943 e. The van der Waals surface area contributed by atoms with Crippen molar-refractivity contribution in [3.05, 3.63) is 68.7 Å². The average molecular weight is 338 g/mol. The standard InChI is InChI=1S/C16H14BrClO/c17-13-6-5-12(15(18)9-13)10-16(19)8-7-11-3-1-2-4-14(11)16/h1-6,9,19H,7-8,10H2. The molecule has 1 N–H and O–H groups in total. The summed E-state index contributed by atoms with van der Waals surface area (Å²) in [7, 11) is 0. The number of hydrogen-bond acceptors (Lipinski definition) is 1. The monoisotopic (exact) mass is 336 g/mol. The number of rotatable bonds is 2. The van der Waals surface area contributed by atoms with Crippen molar-refractivity contribution in [2.75, 3.05) is 0 Å². The highest BCUT2D eigenvalue weighted by molar-refractivity contribution is 9.10. The van der Waals surface area contributed by atoms with E-state index in [1.807, 2.05) is 36.4 Å². The summed E-state index contributed by atoms with van der Waals surface area (Å²) >= 11 is 9.66. The lowest BCUT2D eigenvalue weighted by atomic mass is 9.89. The quantitative estimate of drug-likeness (QED) is 0.856. The van der Waals surface area contributed by atoms with Crippen LogP contribution in [0.3, 0.4) is 0 Å². The Bertz CT molecular complexity index is 626. The Morgan fingerprint density at radius 1 is 1.21 bits per heavy atom. The highest BCUT2D eigenvalue weighted by atomic mass is 79.9. The van der Waals surface area contributed by atoms with Crippen molar-refractivity contribution in [1.82, 2.24) is 0 Å². The molecule has 0 spiro atoms. The Morgan fingerprint density at radius 2 is 2.00 bits per heavy atom. The summed E-state index contributed by atoms with van der Waals surface area (Å²) in [6.07, 6.45) is 2.26. The molecule has 0 aromatic heterocycles. The fraction of sp³-hybridized carbons (Fsp3) is 0.250. The Balaban J connectivity index is 1.95. The Labute approximate surface area is 126 Å². The summed E-state index contributed by atoms with van der Waals surface area (Å²) < 4.78 is 0.958. The first kappa shape index (κ1) is 13.2. The number of aryl methyl sites for hydroxylation is 1. The predicted octanol–water partition coefficient (Wildman–Crippen LogP) is 4.48. The minimum absolute atomic E-state index is 0.566. The molecule has 1 atom stereocenters. The average Bonchev–Trinajstić information content (AvgIpc) is 2.72. The maximum absolute atomic E-state index is 10.9. The van der Waals surface area contributed by atoms with E-state index >= 15 is 0 Å². The number of hydrogen-bond donors (Lipinski definition) is 1. The van der Waals surface area contributed by atoms with Crippen LogP contribution in [-0.4, -0.2) is 5.11 Å². The third-order valence-electron chi connectivity index (χ3n) is 3.82. The predicted molar refractivity (Wildman–Crippen MR) is 81.5 cm³/mol. The molecule has 2 aromatic carbocycles. The van der Waals surface area contributed by atoms with Crippen LogP contribution in [0.2, 0.25) is 5.02 Å². The van der Waals surface area contributed by atoms with Crippen LogP contribution in [-0.2, 0) is 18.4 Å². The second kappa shape index (κ2) is 4.93. The van der Waals surface area contributed by atoms with Gasteiger partial charge in [-0.25, -0.2) is 0 Å². The first-order valence-corrected chi connectivity index (χ1v) is 7.50. The molecule has 0 heterocycles. The van der Waals surface area contributed by atoms with E-state index in [2.05, 4.69) is 22.0 Å². The van der Waals surface area contributed by atoms with E-state index in [0.29, 0.717) is 11.4 Å². The van der Waals surface area contributed by atoms with Gasteiger partial charge in [-0.15, -0.1) is 0 Å². The normalized spacial score (nSPS) is 21.4. The lowest BCUT2D eigenvalue weighted by Gasteiger charge is -2.24. The van der Waals surface area contributed by atoms with Crippen molar-refractivity contribution in [3.8, 4) is 0 Å². The maximum atomic E-state index is 10.9. The lowest BCUT2D eigenvalue weighted by molar-refractivity contribution is 0.0390. The van der Waals surface area contributed by atoms with Crippen molar-refractivity contribution in [2.24, 2.45) is 0 Å². The van der Waals surface area contributed by atoms with E-state index in [9.17, 15) is 5.11 Å². The molecule has 0 saturated heterocycles. The van der Waals surface area contributed by atoms with Gasteiger partial charge >= 0.3 is 0 Å². The van der Waals surface area contributed by atoms with Crippen molar-refractivity contribution in [1.29, 1.82) is 0 Å². The van der Waals surface area contributed by atoms with Crippen molar-refractivity contribution in [3.63, 3.8) is 0 Å². The van der Waals surface area contributed by atoms with E-state index in [4.69, 9.17) is 11.6 Å². The van der Waals surface area contributed by atoms with Gasteiger partial charge in [-0.05, 0) is 41.7 Å². The molecular formula is C16H14BrClO. The fourth-order valence-electron chi connectivity index (χ4n) is 2.83. The van der Waals surface area contributed by atoms with Crippen LogP contribution in [0.25, 0.3) is 0 Å². The van der Waals surface area contributed by atoms with Gasteiger partial charge in [-0.3, -0.25) is 0 Å². The zero-order chi connectivity index (χ0) is 13.5. The van der Waals surface area contributed by atoms with Crippen LogP contribution in [0.4, 0.5) is 0 Å². The van der Waals surface area contributed by atoms with E-state index in [1.165, 1.54) is 5.56 Å². The molecule has 3 rings (SSSR count). The minimum Gasteiger partial charge on any atom is -0.385 e. The molecule has 0 saturated carbocycles. The van der Waals surface area contributed by atoms with E-state index in [0.717, 1.165) is 28.4 Å². The smallest absolute Gasteiger partial charge is 0.0943 e. The first-order valence-electron chi connectivity index (χ1n) is 6.33. The highest BCUT2D eigenvalue weighted by Gasteiger charge is 2.36. The molecule has 3 heteroatoms. The molecule has 19 heavy (non-hydrogen) atoms. The molecule has 1 unspecified atom stereocenters. The van der Waals surface area contributed by atoms with E-state index < -0.39 is 5.60 Å². The molecule has 2 aromatic rings. The summed E-state index contributed by atoms with van der Waals surface area (Å²) in [6, 6.07) is 13.9. The van der Waals surface area contributed by atoms with Gasteiger partial charge in [0.25, 0.3) is 0 Å². The summed E-state index contributed by atoms with van der Waals surface area (Å²) in [4.78, 5) is 0. The first-order chi connectivity index (χ1) is 9.08. The molecule has 1 aliphatic rings. The van der Waals surface area contributed by atoms with Crippen molar-refractivity contribution >= 4 is 27.5 Å². The third-order valence-corrected chi connectivity index (χ3v) is 4.67. The molecular weight excluding hydrogens is 324 g/mol. The van der Waals surface area contributed by atoms with Gasteiger partial charge < -0.3 is 5.11 Å². The van der Waals surface area contributed by atoms with Crippen molar-refractivity contribution < 1.29 is 5.11 Å². The molecule has 1 nitrogen and oxygen atoms in total. The highest BCUT2D eigenvalue weighted by Crippen LogP contribution is 2.40. The second-order valence-corrected chi connectivity index (χ2v) is 6.42. The van der Waals surface area contributed by atoms with Gasteiger partial charge in [0, 0.05) is 15.9 Å². The summed E-state index contributed by atoms with van der Waals surface area (Å²) in [5.74, 6) is 0. The second-order valence-electron chi connectivity index (χ2n) is 5.10. The zero-order valence-electron chi connectivity index (χ0n) is 10.4. The molecule has 0 radical (unpaired) electrons. The minimum atomic E-state index is -0.784. The van der Waals surface area contributed by atoms with Crippen LogP contribution in [0, 0.1) is 0 Å². The van der Waals surface area contributed by atoms with Gasteiger partial charge in [0.1, 0.15) is 0 Å². The zero-order valence-corrected chi connectivity index (χ0v) is 12.7. The Morgan fingerprint density at radius 3 is 2.79 bits per heavy atom. The van der Waals surface area contributed by atoms with Gasteiger partial charge in [0.15, 0.2) is 0 Å². The van der Waals surface area contributed by atoms with E-state index in [-0.39, 0.29) is 0 Å². The van der Waals surface area contributed by atoms with Crippen LogP contribution >= 0.6 is 27.5 Å². The van der Waals surface area contributed by atoms with Crippen LogP contribution in [0.1, 0.15) is 23.1 Å². The van der Waals surface area contributed by atoms with E-state index in [1.54, 1.807) is 0 Å². The number of aliphatic hydroxyl groups is 1. The topological polar surface area (TPSA) is 20.2 Å². The van der Waals surface area contributed by atoms with Crippen molar-refractivity contribution in [2.45, 2.75) is 24.9 Å².